The van der Waals surface area contributed by atoms with Gasteiger partial charge in [0.05, 0.1) is 19.2 Å². The summed E-state index contributed by atoms with van der Waals surface area (Å²) in [6, 6.07) is 14.5. The van der Waals surface area contributed by atoms with Gasteiger partial charge in [0.1, 0.15) is 11.4 Å². The van der Waals surface area contributed by atoms with Crippen LogP contribution in [0.15, 0.2) is 71.9 Å². The fourth-order valence-electron chi connectivity index (χ4n) is 4.60. The molecular weight excluding hydrogens is 498 g/mol. The number of imidazole rings is 1. The largest absolute Gasteiger partial charge is 0.495 e. The van der Waals surface area contributed by atoms with Gasteiger partial charge in [-0.05, 0) is 58.2 Å². The van der Waals surface area contributed by atoms with E-state index in [4.69, 9.17) is 4.74 Å². The van der Waals surface area contributed by atoms with Crippen molar-refractivity contribution in [2.45, 2.75) is 32.7 Å². The number of tetrazole rings is 1. The molecule has 0 aliphatic rings. The average Bonchev–Trinajstić information content (AvgIpc) is 3.61. The van der Waals surface area contributed by atoms with Crippen LogP contribution in [0.3, 0.4) is 0 Å². The van der Waals surface area contributed by atoms with Crippen LogP contribution in [0.2, 0.25) is 0 Å². The highest BCUT2D eigenvalue weighted by Crippen LogP contribution is 2.30. The molecule has 11 nitrogen and oxygen atoms in total. The van der Waals surface area contributed by atoms with E-state index in [9.17, 15) is 14.7 Å². The Kier molecular flexibility index (Phi) is 7.30. The van der Waals surface area contributed by atoms with Crippen molar-refractivity contribution in [1.82, 2.24) is 34.7 Å². The number of methoxy groups -OCH3 is 1. The second-order valence-electron chi connectivity index (χ2n) is 8.99. The number of aromatic amines is 1. The summed E-state index contributed by atoms with van der Waals surface area (Å²) in [4.78, 5) is 29.9. The monoisotopic (exact) mass is 525 g/mol. The van der Waals surface area contributed by atoms with Gasteiger partial charge in [0.25, 0.3) is 0 Å². The number of pyridine rings is 1. The third kappa shape index (κ3) is 5.06. The molecule has 2 aromatic carbocycles. The smallest absolute Gasteiger partial charge is 0.337 e. The van der Waals surface area contributed by atoms with E-state index in [-0.39, 0.29) is 16.9 Å². The first-order valence-electron chi connectivity index (χ1n) is 12.5. The minimum Gasteiger partial charge on any atom is -0.495 e. The molecule has 0 unspecified atom stereocenters. The summed E-state index contributed by atoms with van der Waals surface area (Å²) in [7, 11) is 1.46. The summed E-state index contributed by atoms with van der Waals surface area (Å²) >= 11 is 0. The van der Waals surface area contributed by atoms with E-state index in [0.717, 1.165) is 40.8 Å². The van der Waals surface area contributed by atoms with Gasteiger partial charge in [0.15, 0.2) is 5.82 Å². The number of unbranched alkanes of at least 4 members (excludes halogenated alkanes) is 1. The van der Waals surface area contributed by atoms with Gasteiger partial charge in [-0.25, -0.2) is 14.7 Å². The van der Waals surface area contributed by atoms with Crippen LogP contribution in [0.25, 0.3) is 28.2 Å². The Balaban J connectivity index is 1.53. The Bertz CT molecular complexity index is 1650. The number of nitrogens with zero attached hydrogens (tertiary/aromatic N) is 6. The number of aromatic carboxylic acids is 1. The van der Waals surface area contributed by atoms with Gasteiger partial charge in [0, 0.05) is 29.8 Å². The molecule has 0 aliphatic heterocycles. The molecule has 0 aliphatic carbocycles. The lowest BCUT2D eigenvalue weighted by Gasteiger charge is -2.11. The summed E-state index contributed by atoms with van der Waals surface area (Å²) in [5.74, 6) is -0.297. The molecule has 0 atom stereocenters. The number of nitrogens with one attached hydrogen (secondary N) is 1. The van der Waals surface area contributed by atoms with Crippen molar-refractivity contribution in [3.8, 4) is 34.0 Å². The molecule has 5 rings (SSSR count). The molecular formula is C28H27N7O4. The number of hydrogen-bond acceptors (Lipinski definition) is 7. The lowest BCUT2D eigenvalue weighted by Crippen LogP contribution is -2.26. The van der Waals surface area contributed by atoms with Crippen molar-refractivity contribution in [3.63, 3.8) is 0 Å². The predicted octanol–water partition coefficient (Wildman–Crippen LogP) is 3.98. The zero-order chi connectivity index (χ0) is 27.4. The maximum absolute atomic E-state index is 13.7. The van der Waals surface area contributed by atoms with E-state index in [1.54, 1.807) is 35.3 Å². The van der Waals surface area contributed by atoms with Crippen LogP contribution in [0.4, 0.5) is 0 Å². The van der Waals surface area contributed by atoms with Crippen LogP contribution in [-0.2, 0) is 13.0 Å². The maximum Gasteiger partial charge on any atom is 0.337 e. The zero-order valence-corrected chi connectivity index (χ0v) is 21.5. The van der Waals surface area contributed by atoms with Crippen molar-refractivity contribution in [2.75, 3.05) is 7.11 Å². The van der Waals surface area contributed by atoms with Crippen molar-refractivity contribution in [1.29, 1.82) is 0 Å². The first-order chi connectivity index (χ1) is 19.0. The normalized spacial score (nSPS) is 11.0. The van der Waals surface area contributed by atoms with Gasteiger partial charge in [-0.2, -0.15) is 0 Å². The van der Waals surface area contributed by atoms with Gasteiger partial charge < -0.3 is 9.84 Å². The number of hydrogen-bond donors (Lipinski definition) is 2. The number of H-pyrrole nitrogens is 1. The molecule has 2 N–H and O–H groups in total. The number of carboxylic acid groups (broad SMARTS) is 1. The summed E-state index contributed by atoms with van der Waals surface area (Å²) in [5.41, 5.74) is 4.27. The Morgan fingerprint density at radius 1 is 1.10 bits per heavy atom. The zero-order valence-electron chi connectivity index (χ0n) is 21.5. The van der Waals surface area contributed by atoms with Gasteiger partial charge >= 0.3 is 11.7 Å². The average molecular weight is 526 g/mol. The fourth-order valence-corrected chi connectivity index (χ4v) is 4.60. The maximum atomic E-state index is 13.7. The summed E-state index contributed by atoms with van der Waals surface area (Å²) < 4.78 is 8.51. The van der Waals surface area contributed by atoms with E-state index in [1.807, 2.05) is 30.3 Å². The Hall–Kier alpha value is -5.06. The number of carboxylic acids is 1. The Morgan fingerprint density at radius 2 is 1.92 bits per heavy atom. The highest BCUT2D eigenvalue weighted by molar-refractivity contribution is 5.93. The summed E-state index contributed by atoms with van der Waals surface area (Å²) in [6.45, 7) is 2.42. The molecule has 0 spiro atoms. The SMILES string of the molecule is CCCCc1cn(-c2c(OC)cccc2C(=O)O)c(=O)n1Cc1ccc(-c2ccncc2-c2nnn[nH]2)cc1. The molecule has 0 radical (unpaired) electrons. The van der Waals surface area contributed by atoms with E-state index < -0.39 is 5.97 Å². The summed E-state index contributed by atoms with van der Waals surface area (Å²) in [6.07, 6.45) is 7.67. The van der Waals surface area contributed by atoms with E-state index in [0.29, 0.717) is 24.5 Å². The first kappa shape index (κ1) is 25.6. The molecule has 0 saturated heterocycles. The molecule has 11 heteroatoms. The quantitative estimate of drug-likeness (QED) is 0.279. The van der Waals surface area contributed by atoms with Crippen LogP contribution in [-0.4, -0.2) is 52.9 Å². The number of aromatic nitrogens is 7. The van der Waals surface area contributed by atoms with E-state index in [1.165, 1.54) is 17.7 Å². The predicted molar refractivity (Wildman–Crippen MR) is 144 cm³/mol. The van der Waals surface area contributed by atoms with Gasteiger partial charge in [-0.15, -0.1) is 5.10 Å². The minimum absolute atomic E-state index is 0.00453. The van der Waals surface area contributed by atoms with Crippen LogP contribution in [0.5, 0.6) is 5.75 Å². The molecule has 0 bridgehead atoms. The third-order valence-corrected chi connectivity index (χ3v) is 6.57. The highest BCUT2D eigenvalue weighted by atomic mass is 16.5. The fraction of sp³-hybridized carbons (Fsp3) is 0.214. The van der Waals surface area contributed by atoms with E-state index in [2.05, 4.69) is 32.5 Å². The van der Waals surface area contributed by atoms with Gasteiger partial charge in [-0.1, -0.05) is 43.7 Å². The molecule has 0 amide bonds. The number of carbonyl (C=O) groups is 1. The topological polar surface area (TPSA) is 141 Å². The van der Waals surface area contributed by atoms with Gasteiger partial charge in [-0.3, -0.25) is 14.1 Å². The second-order valence-corrected chi connectivity index (χ2v) is 8.99. The number of benzene rings is 2. The van der Waals surface area contributed by atoms with Crippen LogP contribution < -0.4 is 10.4 Å². The molecule has 0 fully saturated rings. The first-order valence-corrected chi connectivity index (χ1v) is 12.5. The highest BCUT2D eigenvalue weighted by Gasteiger charge is 2.21. The summed E-state index contributed by atoms with van der Waals surface area (Å²) in [5, 5.41) is 23.9. The number of para-hydroxylation sites is 1. The lowest BCUT2D eigenvalue weighted by molar-refractivity contribution is 0.0696. The number of ether oxygens (including phenoxy) is 1. The number of aryl methyl sites for hydroxylation is 1. The van der Waals surface area contributed by atoms with Crippen LogP contribution >= 0.6 is 0 Å². The Morgan fingerprint density at radius 3 is 2.62 bits per heavy atom. The minimum atomic E-state index is -1.13. The van der Waals surface area contributed by atoms with Crippen molar-refractivity contribution < 1.29 is 14.6 Å². The van der Waals surface area contributed by atoms with Crippen molar-refractivity contribution >= 4 is 5.97 Å². The van der Waals surface area contributed by atoms with Crippen LogP contribution in [0.1, 0.15) is 41.4 Å². The molecule has 3 aromatic heterocycles. The van der Waals surface area contributed by atoms with E-state index >= 15 is 0 Å². The number of rotatable bonds is 10. The molecule has 3 heterocycles. The Labute approximate surface area is 223 Å². The molecule has 5 aromatic rings. The molecule has 0 saturated carbocycles. The van der Waals surface area contributed by atoms with Crippen molar-refractivity contribution in [2.24, 2.45) is 0 Å². The molecule has 39 heavy (non-hydrogen) atoms. The second kappa shape index (κ2) is 11.1. The van der Waals surface area contributed by atoms with Crippen molar-refractivity contribution in [3.05, 3.63) is 94.4 Å². The lowest BCUT2D eigenvalue weighted by atomic mass is 10.00. The van der Waals surface area contributed by atoms with Crippen LogP contribution in [0, 0.1) is 0 Å². The third-order valence-electron chi connectivity index (χ3n) is 6.57. The standard InChI is InChI=1S/C28H27N7O4/c1-3-4-6-20-17-35(25-22(27(36)37)7-5-8-24(25)39-2)28(38)34(20)16-18-9-11-19(12-10-18)21-13-14-29-15-23(21)26-30-32-33-31-26/h5,7-15,17H,3-4,6,16H2,1-2H3,(H,36,37)(H,30,31,32,33). The molecule has 198 valence electrons. The van der Waals surface area contributed by atoms with Gasteiger partial charge in [0.2, 0.25) is 0 Å².